The van der Waals surface area contributed by atoms with E-state index in [1.807, 2.05) is 0 Å². The van der Waals surface area contributed by atoms with E-state index in [0.717, 1.165) is 6.07 Å². The highest BCUT2D eigenvalue weighted by Crippen LogP contribution is 2.26. The summed E-state index contributed by atoms with van der Waals surface area (Å²) in [5, 5.41) is 15.8. The summed E-state index contributed by atoms with van der Waals surface area (Å²) in [4.78, 5) is 46.8. The van der Waals surface area contributed by atoms with E-state index < -0.39 is 34.9 Å². The summed E-state index contributed by atoms with van der Waals surface area (Å²) in [7, 11) is 0. The lowest BCUT2D eigenvalue weighted by atomic mass is 10.2. The van der Waals surface area contributed by atoms with Crippen LogP contribution in [0.15, 0.2) is 42.5 Å². The topological polar surface area (TPSA) is 128 Å². The van der Waals surface area contributed by atoms with Crippen molar-refractivity contribution in [2.75, 3.05) is 5.32 Å². The third-order valence-corrected chi connectivity index (χ3v) is 4.55. The molecule has 0 aliphatic heterocycles. The Morgan fingerprint density at radius 2 is 1.73 bits per heavy atom. The van der Waals surface area contributed by atoms with Crippen LogP contribution in [0, 0.1) is 10.1 Å². The van der Waals surface area contributed by atoms with Gasteiger partial charge in [-0.05, 0) is 32.0 Å². The van der Waals surface area contributed by atoms with Gasteiger partial charge < -0.3 is 15.4 Å². The van der Waals surface area contributed by atoms with Crippen LogP contribution in [0.5, 0.6) is 0 Å². The number of non-ortho nitro benzene ring substituents is 1. The van der Waals surface area contributed by atoms with Crippen molar-refractivity contribution in [3.8, 4) is 0 Å². The largest absolute Gasteiger partial charge is 0.451 e. The molecule has 0 aliphatic carbocycles. The Morgan fingerprint density at radius 3 is 2.33 bits per heavy atom. The number of nitrogens with zero attached hydrogens (tertiary/aromatic N) is 1. The highest BCUT2D eigenvalue weighted by Gasteiger charge is 2.24. The number of halogens is 2. The zero-order valence-corrected chi connectivity index (χ0v) is 17.4. The average Bonchev–Trinajstić information content (AvgIpc) is 2.69. The van der Waals surface area contributed by atoms with Gasteiger partial charge in [0.25, 0.3) is 17.5 Å². The smallest absolute Gasteiger partial charge is 0.329 e. The molecule has 2 aromatic rings. The Morgan fingerprint density at radius 1 is 1.07 bits per heavy atom. The minimum Gasteiger partial charge on any atom is -0.451 e. The molecule has 2 amide bonds. The van der Waals surface area contributed by atoms with Crippen molar-refractivity contribution >= 4 is 52.4 Å². The van der Waals surface area contributed by atoms with Crippen LogP contribution in [0.3, 0.4) is 0 Å². The first kappa shape index (κ1) is 23.1. The maximum absolute atomic E-state index is 12.2. The summed E-state index contributed by atoms with van der Waals surface area (Å²) in [5.74, 6) is -2.11. The molecule has 11 heteroatoms. The maximum Gasteiger partial charge on any atom is 0.329 e. The van der Waals surface area contributed by atoms with E-state index in [1.165, 1.54) is 38.1 Å². The van der Waals surface area contributed by atoms with Gasteiger partial charge in [-0.2, -0.15) is 0 Å². The molecule has 2 atom stereocenters. The zero-order chi connectivity index (χ0) is 22.4. The highest BCUT2D eigenvalue weighted by atomic mass is 35.5. The molecule has 2 aromatic carbocycles. The standard InChI is InChI=1S/C19H17Cl2N3O6/c1-10(22-18(26)13-5-3-4-6-14(13)20)19(27)30-11(2)17(25)23-16-8-7-12(24(28)29)9-15(16)21/h3-11H,1-2H3,(H,22,26)(H,23,25)/t10-,11?/m0/s1. The summed E-state index contributed by atoms with van der Waals surface area (Å²) in [5.41, 5.74) is 0.0771. The molecule has 0 heterocycles. The number of hydrogen-bond acceptors (Lipinski definition) is 6. The number of carbonyl (C=O) groups excluding carboxylic acids is 3. The van der Waals surface area contributed by atoms with Gasteiger partial charge in [-0.15, -0.1) is 0 Å². The van der Waals surface area contributed by atoms with Crippen molar-refractivity contribution in [3.63, 3.8) is 0 Å². The number of nitrogens with one attached hydrogen (secondary N) is 2. The molecule has 0 fully saturated rings. The van der Waals surface area contributed by atoms with Gasteiger partial charge >= 0.3 is 5.97 Å². The van der Waals surface area contributed by atoms with Gasteiger partial charge in [0.15, 0.2) is 6.10 Å². The molecule has 0 aliphatic rings. The van der Waals surface area contributed by atoms with Crippen molar-refractivity contribution < 1.29 is 24.0 Å². The van der Waals surface area contributed by atoms with Gasteiger partial charge in [0.1, 0.15) is 6.04 Å². The van der Waals surface area contributed by atoms with E-state index in [-0.39, 0.29) is 27.0 Å². The predicted octanol–water partition coefficient (Wildman–Crippen LogP) is 3.59. The lowest BCUT2D eigenvalue weighted by molar-refractivity contribution is -0.384. The van der Waals surface area contributed by atoms with E-state index in [4.69, 9.17) is 27.9 Å². The summed E-state index contributed by atoms with van der Waals surface area (Å²) < 4.78 is 5.06. The van der Waals surface area contributed by atoms with Crippen LogP contribution < -0.4 is 10.6 Å². The fraction of sp³-hybridized carbons (Fsp3) is 0.211. The molecular formula is C19H17Cl2N3O6. The van der Waals surface area contributed by atoms with Crippen LogP contribution in [0.25, 0.3) is 0 Å². The first-order chi connectivity index (χ1) is 14.1. The lowest BCUT2D eigenvalue weighted by Crippen LogP contribution is -2.42. The van der Waals surface area contributed by atoms with E-state index in [2.05, 4.69) is 10.6 Å². The SMILES string of the molecule is CC(OC(=O)[C@H](C)NC(=O)c1ccccc1Cl)C(=O)Nc1ccc([N+](=O)[O-])cc1Cl. The van der Waals surface area contributed by atoms with Crippen molar-refractivity contribution in [1.82, 2.24) is 5.32 Å². The van der Waals surface area contributed by atoms with Crippen LogP contribution >= 0.6 is 23.2 Å². The van der Waals surface area contributed by atoms with Crippen molar-refractivity contribution in [2.24, 2.45) is 0 Å². The van der Waals surface area contributed by atoms with Crippen LogP contribution in [-0.2, 0) is 14.3 Å². The number of nitro benzene ring substituents is 1. The van der Waals surface area contributed by atoms with Gasteiger partial charge in [0.05, 0.1) is 26.2 Å². The molecule has 30 heavy (non-hydrogen) atoms. The van der Waals surface area contributed by atoms with Crippen molar-refractivity contribution in [3.05, 3.63) is 68.2 Å². The molecule has 2 rings (SSSR count). The van der Waals surface area contributed by atoms with E-state index >= 15 is 0 Å². The third-order valence-electron chi connectivity index (χ3n) is 3.90. The predicted molar refractivity (Wildman–Crippen MR) is 111 cm³/mol. The summed E-state index contributed by atoms with van der Waals surface area (Å²) in [6.07, 6.45) is -1.22. The Balaban J connectivity index is 1.94. The maximum atomic E-state index is 12.2. The van der Waals surface area contributed by atoms with Gasteiger partial charge in [-0.25, -0.2) is 4.79 Å². The minimum absolute atomic E-state index is 0.0450. The molecular weight excluding hydrogens is 437 g/mol. The second-order valence-corrected chi connectivity index (χ2v) is 6.98. The molecule has 0 spiro atoms. The quantitative estimate of drug-likeness (QED) is 0.374. The first-order valence-electron chi connectivity index (χ1n) is 8.61. The number of amides is 2. The van der Waals surface area contributed by atoms with E-state index in [0.29, 0.717) is 0 Å². The molecule has 0 saturated carbocycles. The number of nitro groups is 1. The minimum atomic E-state index is -1.22. The number of benzene rings is 2. The van der Waals surface area contributed by atoms with Crippen LogP contribution in [-0.4, -0.2) is 34.9 Å². The monoisotopic (exact) mass is 453 g/mol. The number of rotatable bonds is 7. The normalized spacial score (nSPS) is 12.4. The number of esters is 1. The van der Waals surface area contributed by atoms with Crippen molar-refractivity contribution in [2.45, 2.75) is 26.0 Å². The molecule has 0 radical (unpaired) electrons. The van der Waals surface area contributed by atoms with Crippen LogP contribution in [0.2, 0.25) is 10.0 Å². The highest BCUT2D eigenvalue weighted by molar-refractivity contribution is 6.34. The second kappa shape index (κ2) is 10.0. The molecule has 1 unspecified atom stereocenters. The van der Waals surface area contributed by atoms with E-state index in [9.17, 15) is 24.5 Å². The molecule has 2 N–H and O–H groups in total. The van der Waals surface area contributed by atoms with Crippen LogP contribution in [0.1, 0.15) is 24.2 Å². The molecule has 158 valence electrons. The van der Waals surface area contributed by atoms with E-state index in [1.54, 1.807) is 12.1 Å². The summed E-state index contributed by atoms with van der Waals surface area (Å²) in [6, 6.07) is 8.79. The zero-order valence-electron chi connectivity index (χ0n) is 15.8. The number of carbonyl (C=O) groups is 3. The fourth-order valence-electron chi connectivity index (χ4n) is 2.26. The number of hydrogen-bond donors (Lipinski definition) is 2. The number of ether oxygens (including phenoxy) is 1. The van der Waals surface area contributed by atoms with Crippen LogP contribution in [0.4, 0.5) is 11.4 Å². The Labute approximate surface area is 181 Å². The third kappa shape index (κ3) is 5.91. The average molecular weight is 454 g/mol. The lowest BCUT2D eigenvalue weighted by Gasteiger charge is -2.18. The van der Waals surface area contributed by atoms with Crippen molar-refractivity contribution in [1.29, 1.82) is 0 Å². The summed E-state index contributed by atoms with van der Waals surface area (Å²) >= 11 is 11.9. The van der Waals surface area contributed by atoms with Gasteiger partial charge in [-0.1, -0.05) is 35.3 Å². The first-order valence-corrected chi connectivity index (χ1v) is 9.36. The molecule has 9 nitrogen and oxygen atoms in total. The van der Waals surface area contributed by atoms with Gasteiger partial charge in [0, 0.05) is 12.1 Å². The molecule has 0 aromatic heterocycles. The molecule has 0 saturated heterocycles. The number of anilines is 1. The second-order valence-electron chi connectivity index (χ2n) is 6.16. The molecule has 0 bridgehead atoms. The Bertz CT molecular complexity index is 998. The van der Waals surface area contributed by atoms with Gasteiger partial charge in [0.2, 0.25) is 0 Å². The Hall–Kier alpha value is -3.17. The Kier molecular flexibility index (Phi) is 7.73. The fourth-order valence-corrected chi connectivity index (χ4v) is 2.71. The summed E-state index contributed by atoms with van der Waals surface area (Å²) in [6.45, 7) is 2.73. The van der Waals surface area contributed by atoms with Gasteiger partial charge in [-0.3, -0.25) is 19.7 Å².